The Morgan fingerprint density at radius 2 is 1.84 bits per heavy atom. The number of amides is 2. The molecule has 0 aromatic heterocycles. The summed E-state index contributed by atoms with van der Waals surface area (Å²) in [6.45, 7) is 3.90. The Morgan fingerprint density at radius 3 is 2.56 bits per heavy atom. The van der Waals surface area contributed by atoms with E-state index in [4.69, 9.17) is 35.3 Å². The van der Waals surface area contributed by atoms with Crippen LogP contribution in [0.15, 0.2) is 77.0 Å². The van der Waals surface area contributed by atoms with Gasteiger partial charge in [0.1, 0.15) is 13.2 Å². The Morgan fingerprint density at radius 1 is 1.07 bits per heavy atom. The van der Waals surface area contributed by atoms with Crippen molar-refractivity contribution >= 4 is 29.8 Å². The van der Waals surface area contributed by atoms with Gasteiger partial charge in [-0.05, 0) is 54.8 Å². The van der Waals surface area contributed by atoms with Gasteiger partial charge in [0, 0.05) is 5.70 Å². The standard InChI is InChI=1S/C32H35ClN4O8/c1-5-43-25-15-22(29-28(31(39)42-4)19(2)35-32(40)36-29)11-12-24(25)44-18-27(38)37-34-16-21-13-23(33)30(26(14-21)41-3)45-17-20-9-7-6-8-10-20/h6-16,27,29,37-38H,5,17-18H2,1-4H3,(H2,35,36,40)/b34-16-/t27-,29-/m0/s1. The fourth-order valence-corrected chi connectivity index (χ4v) is 4.78. The molecule has 1 aliphatic heterocycles. The summed E-state index contributed by atoms with van der Waals surface area (Å²) in [4.78, 5) is 24.6. The zero-order valence-corrected chi connectivity index (χ0v) is 26.0. The van der Waals surface area contributed by atoms with Gasteiger partial charge in [-0.25, -0.2) is 9.59 Å². The third-order valence-electron chi connectivity index (χ3n) is 6.59. The molecule has 0 fully saturated rings. The summed E-state index contributed by atoms with van der Waals surface area (Å²) in [5.41, 5.74) is 5.43. The average Bonchev–Trinajstić information content (AvgIpc) is 3.03. The van der Waals surface area contributed by atoms with Gasteiger partial charge in [-0.1, -0.05) is 48.0 Å². The fourth-order valence-electron chi connectivity index (χ4n) is 4.50. The van der Waals surface area contributed by atoms with Gasteiger partial charge in [0.15, 0.2) is 29.2 Å². The van der Waals surface area contributed by atoms with E-state index in [-0.39, 0.29) is 12.2 Å². The summed E-state index contributed by atoms with van der Waals surface area (Å²) < 4.78 is 27.8. The molecule has 0 spiro atoms. The Hall–Kier alpha value is -4.94. The number of hydrazone groups is 1. The SMILES string of the molecule is CCOc1cc([C@@H]2NC(=O)NC(C)=C2C(=O)OC)ccc1OC[C@H](O)N/N=C\c1cc(Cl)c(OCc2ccccc2)c(OC)c1. The molecule has 0 unspecified atom stereocenters. The van der Waals surface area contributed by atoms with Crippen LogP contribution in [-0.2, 0) is 16.1 Å². The predicted molar refractivity (Wildman–Crippen MR) is 168 cm³/mol. The van der Waals surface area contributed by atoms with Gasteiger partial charge >= 0.3 is 12.0 Å². The van der Waals surface area contributed by atoms with Crippen LogP contribution in [0.3, 0.4) is 0 Å². The number of carbonyl (C=O) groups is 2. The third-order valence-corrected chi connectivity index (χ3v) is 6.87. The number of methoxy groups -OCH3 is 2. The van der Waals surface area contributed by atoms with Crippen molar-refractivity contribution in [2.45, 2.75) is 32.7 Å². The van der Waals surface area contributed by atoms with Crippen LogP contribution in [0.25, 0.3) is 0 Å². The molecule has 3 aromatic rings. The summed E-state index contributed by atoms with van der Waals surface area (Å²) in [6.07, 6.45) is 0.294. The highest BCUT2D eigenvalue weighted by atomic mass is 35.5. The van der Waals surface area contributed by atoms with Crippen molar-refractivity contribution in [2.24, 2.45) is 5.10 Å². The summed E-state index contributed by atoms with van der Waals surface area (Å²) in [7, 11) is 2.79. The number of aliphatic hydroxyl groups excluding tert-OH is 1. The van der Waals surface area contributed by atoms with E-state index >= 15 is 0 Å². The van der Waals surface area contributed by atoms with Gasteiger partial charge in [-0.2, -0.15) is 5.10 Å². The van der Waals surface area contributed by atoms with Crippen molar-refractivity contribution in [2.75, 3.05) is 27.4 Å². The average molecular weight is 639 g/mol. The zero-order valence-electron chi connectivity index (χ0n) is 25.3. The Bertz CT molecular complexity index is 1560. The zero-order chi connectivity index (χ0) is 32.3. The Kier molecular flexibility index (Phi) is 11.5. The van der Waals surface area contributed by atoms with Crippen LogP contribution >= 0.6 is 11.6 Å². The van der Waals surface area contributed by atoms with E-state index in [1.165, 1.54) is 20.4 Å². The normalized spacial score (nSPS) is 15.2. The van der Waals surface area contributed by atoms with Crippen LogP contribution in [0.4, 0.5) is 4.79 Å². The molecule has 4 rings (SSSR count). The van der Waals surface area contributed by atoms with Gasteiger partial charge in [-0.15, -0.1) is 0 Å². The molecule has 13 heteroatoms. The summed E-state index contributed by atoms with van der Waals surface area (Å²) in [5.74, 6) is 0.966. The molecule has 2 atom stereocenters. The van der Waals surface area contributed by atoms with Crippen molar-refractivity contribution in [1.29, 1.82) is 0 Å². The van der Waals surface area contributed by atoms with Crippen LogP contribution in [0, 0.1) is 0 Å². The lowest BCUT2D eigenvalue weighted by molar-refractivity contribution is -0.136. The number of nitrogens with zero attached hydrogens (tertiary/aromatic N) is 1. The first-order valence-electron chi connectivity index (χ1n) is 14.0. The molecule has 45 heavy (non-hydrogen) atoms. The topological polar surface area (TPSA) is 149 Å². The van der Waals surface area contributed by atoms with Crippen LogP contribution in [-0.4, -0.2) is 57.0 Å². The maximum Gasteiger partial charge on any atom is 0.337 e. The second-order valence-electron chi connectivity index (χ2n) is 9.72. The van der Waals surface area contributed by atoms with Crippen molar-refractivity contribution in [3.63, 3.8) is 0 Å². The molecule has 2 amide bonds. The van der Waals surface area contributed by atoms with Crippen LogP contribution in [0.1, 0.15) is 36.6 Å². The van der Waals surface area contributed by atoms with Gasteiger partial charge in [-0.3, -0.25) is 5.43 Å². The number of allylic oxidation sites excluding steroid dienone is 1. The number of esters is 1. The highest BCUT2D eigenvalue weighted by Crippen LogP contribution is 2.37. The number of nitrogens with one attached hydrogen (secondary N) is 3. The van der Waals surface area contributed by atoms with E-state index in [2.05, 4.69) is 21.2 Å². The van der Waals surface area contributed by atoms with Crippen LogP contribution in [0.5, 0.6) is 23.0 Å². The van der Waals surface area contributed by atoms with Gasteiger partial charge < -0.3 is 39.4 Å². The molecule has 1 aliphatic rings. The second kappa shape index (κ2) is 15.7. The second-order valence-corrected chi connectivity index (χ2v) is 10.1. The molecular formula is C32H35ClN4O8. The van der Waals surface area contributed by atoms with Crippen LogP contribution < -0.4 is 35.0 Å². The number of hydrogen-bond acceptors (Lipinski definition) is 10. The molecule has 4 N–H and O–H groups in total. The molecule has 12 nitrogen and oxygen atoms in total. The molecular weight excluding hydrogens is 604 g/mol. The summed E-state index contributed by atoms with van der Waals surface area (Å²) in [5, 5.41) is 20.2. The lowest BCUT2D eigenvalue weighted by Crippen LogP contribution is -2.45. The smallest absolute Gasteiger partial charge is 0.337 e. The van der Waals surface area contributed by atoms with Crippen molar-refractivity contribution in [1.82, 2.24) is 16.1 Å². The number of rotatable bonds is 14. The number of halogens is 1. The van der Waals surface area contributed by atoms with E-state index in [9.17, 15) is 14.7 Å². The first-order chi connectivity index (χ1) is 21.7. The fraction of sp³-hybridized carbons (Fsp3) is 0.281. The van der Waals surface area contributed by atoms with Gasteiger partial charge in [0.05, 0.1) is 43.7 Å². The number of carbonyl (C=O) groups excluding carboxylic acids is 2. The van der Waals surface area contributed by atoms with E-state index < -0.39 is 24.3 Å². The molecule has 0 aliphatic carbocycles. The van der Waals surface area contributed by atoms with Crippen molar-refractivity contribution in [3.05, 3.63) is 93.6 Å². The molecule has 238 valence electrons. The number of urea groups is 1. The quantitative estimate of drug-likeness (QED) is 0.0870. The minimum absolute atomic E-state index is 0.177. The molecule has 1 heterocycles. The van der Waals surface area contributed by atoms with Gasteiger partial charge in [0.2, 0.25) is 0 Å². The predicted octanol–water partition coefficient (Wildman–Crippen LogP) is 4.45. The maximum absolute atomic E-state index is 12.4. The van der Waals surface area contributed by atoms with Crippen LogP contribution in [0.2, 0.25) is 5.02 Å². The van der Waals surface area contributed by atoms with E-state index in [0.717, 1.165) is 5.56 Å². The number of ether oxygens (including phenoxy) is 5. The first-order valence-corrected chi connectivity index (χ1v) is 14.4. The molecule has 0 radical (unpaired) electrons. The van der Waals surface area contributed by atoms with E-state index in [0.29, 0.717) is 58.1 Å². The first kappa shape index (κ1) is 33.0. The highest BCUT2D eigenvalue weighted by Gasteiger charge is 2.32. The summed E-state index contributed by atoms with van der Waals surface area (Å²) >= 11 is 6.47. The minimum atomic E-state index is -1.18. The molecule has 0 saturated heterocycles. The minimum Gasteiger partial charge on any atom is -0.493 e. The number of hydrogen-bond donors (Lipinski definition) is 4. The van der Waals surface area contributed by atoms with E-state index in [1.54, 1.807) is 44.2 Å². The van der Waals surface area contributed by atoms with Crippen molar-refractivity contribution in [3.8, 4) is 23.0 Å². The molecule has 0 bridgehead atoms. The Labute approximate surface area is 265 Å². The van der Waals surface area contributed by atoms with Crippen molar-refractivity contribution < 1.29 is 38.4 Å². The number of benzene rings is 3. The third kappa shape index (κ3) is 8.58. The largest absolute Gasteiger partial charge is 0.493 e. The van der Waals surface area contributed by atoms with Gasteiger partial charge in [0.25, 0.3) is 0 Å². The maximum atomic E-state index is 12.4. The lowest BCUT2D eigenvalue weighted by Gasteiger charge is -2.28. The van der Waals surface area contributed by atoms with E-state index in [1.807, 2.05) is 30.3 Å². The Balaban J connectivity index is 1.39. The molecule has 3 aromatic carbocycles. The highest BCUT2D eigenvalue weighted by molar-refractivity contribution is 6.32. The number of aliphatic hydroxyl groups is 1. The summed E-state index contributed by atoms with van der Waals surface area (Å²) in [6, 6.07) is 16.8. The monoisotopic (exact) mass is 638 g/mol. The molecule has 0 saturated carbocycles. The lowest BCUT2D eigenvalue weighted by atomic mass is 9.95.